The lowest BCUT2D eigenvalue weighted by atomic mass is 10.3. The maximum Gasteiger partial charge on any atom is 0.483 e. The average Bonchev–Trinajstić information content (AvgIpc) is 1.96. The van der Waals surface area contributed by atoms with E-state index in [0.29, 0.717) is 0 Å². The average molecular weight is 262 g/mol. The van der Waals surface area contributed by atoms with Gasteiger partial charge in [-0.05, 0) is 19.4 Å². The minimum absolute atomic E-state index is 0.193. The van der Waals surface area contributed by atoms with E-state index in [1.807, 2.05) is 0 Å². The first-order chi connectivity index (χ1) is 6.57. The van der Waals surface area contributed by atoms with Gasteiger partial charge in [0.1, 0.15) is 0 Å². The van der Waals surface area contributed by atoms with Gasteiger partial charge in [-0.15, -0.1) is 0 Å². The van der Waals surface area contributed by atoms with Crippen molar-refractivity contribution in [2.45, 2.75) is 20.1 Å². The lowest BCUT2D eigenvalue weighted by Crippen LogP contribution is -2.12. The smallest absolute Gasteiger partial charge is 0.364 e. The Balaban J connectivity index is 4.53. The van der Waals surface area contributed by atoms with E-state index in [9.17, 15) is 9.13 Å². The van der Waals surface area contributed by atoms with Crippen LogP contribution in [-0.2, 0) is 18.0 Å². The van der Waals surface area contributed by atoms with Gasteiger partial charge in [0.15, 0.2) is 6.29 Å². The van der Waals surface area contributed by atoms with E-state index in [2.05, 4.69) is 8.83 Å². The van der Waals surface area contributed by atoms with Gasteiger partial charge in [-0.2, -0.15) is 4.31 Å². The monoisotopic (exact) mass is 262 g/mol. The van der Waals surface area contributed by atoms with Crippen molar-refractivity contribution in [3.63, 3.8) is 0 Å². The third-order valence-electron chi connectivity index (χ3n) is 1.29. The number of phosphoric acid groups is 2. The standard InChI is InChI=1S/C5H12O8P2/c1-3-4(2)5(6)12-15(10,11)13-14(7,8)9/h3,5-6H,1-2H3,(H,10,11)(H2,7,8,9). The Morgan fingerprint density at radius 3 is 2.13 bits per heavy atom. The third kappa shape index (κ3) is 6.94. The van der Waals surface area contributed by atoms with Crippen molar-refractivity contribution < 1.29 is 37.8 Å². The number of hydrogen-bond donors (Lipinski definition) is 4. The zero-order valence-electron chi connectivity index (χ0n) is 7.97. The molecule has 0 aliphatic heterocycles. The molecule has 0 aromatic rings. The van der Waals surface area contributed by atoms with Gasteiger partial charge in [0.05, 0.1) is 0 Å². The van der Waals surface area contributed by atoms with Crippen LogP contribution in [0.15, 0.2) is 11.6 Å². The van der Waals surface area contributed by atoms with Crippen LogP contribution in [0.5, 0.6) is 0 Å². The fraction of sp³-hybridized carbons (Fsp3) is 0.600. The second-order valence-electron chi connectivity index (χ2n) is 2.53. The number of phosphoric ester groups is 1. The van der Waals surface area contributed by atoms with Crippen LogP contribution >= 0.6 is 15.6 Å². The zero-order valence-corrected chi connectivity index (χ0v) is 9.76. The summed E-state index contributed by atoms with van der Waals surface area (Å²) in [6, 6.07) is 0. The molecular weight excluding hydrogens is 250 g/mol. The van der Waals surface area contributed by atoms with Crippen molar-refractivity contribution in [2.24, 2.45) is 0 Å². The van der Waals surface area contributed by atoms with Crippen LogP contribution in [0.1, 0.15) is 13.8 Å². The highest BCUT2D eigenvalue weighted by Crippen LogP contribution is 2.58. The van der Waals surface area contributed by atoms with Crippen molar-refractivity contribution in [1.29, 1.82) is 0 Å². The van der Waals surface area contributed by atoms with Crippen LogP contribution < -0.4 is 0 Å². The second kappa shape index (κ2) is 5.34. The molecule has 0 aromatic carbocycles. The predicted molar refractivity (Wildman–Crippen MR) is 49.5 cm³/mol. The highest BCUT2D eigenvalue weighted by atomic mass is 31.3. The van der Waals surface area contributed by atoms with Crippen LogP contribution in [0.3, 0.4) is 0 Å². The van der Waals surface area contributed by atoms with Gasteiger partial charge in [0.25, 0.3) is 0 Å². The molecule has 8 nitrogen and oxygen atoms in total. The summed E-state index contributed by atoms with van der Waals surface area (Å²) in [5, 5.41) is 9.09. The SMILES string of the molecule is CC=C(C)C(O)OP(=O)(O)OP(=O)(O)O. The summed E-state index contributed by atoms with van der Waals surface area (Å²) in [5.41, 5.74) is 0.193. The lowest BCUT2D eigenvalue weighted by Gasteiger charge is -2.16. The highest BCUT2D eigenvalue weighted by molar-refractivity contribution is 7.60. The summed E-state index contributed by atoms with van der Waals surface area (Å²) in [6.45, 7) is 2.93. The minimum atomic E-state index is -5.15. The molecule has 10 heteroatoms. The Morgan fingerprint density at radius 1 is 1.33 bits per heavy atom. The summed E-state index contributed by atoms with van der Waals surface area (Å²) >= 11 is 0. The summed E-state index contributed by atoms with van der Waals surface area (Å²) in [4.78, 5) is 25.3. The van der Waals surface area contributed by atoms with Crippen LogP contribution in [0, 0.1) is 0 Å². The summed E-state index contributed by atoms with van der Waals surface area (Å²) in [5.74, 6) is 0. The first kappa shape index (κ1) is 15.0. The molecule has 0 aromatic heterocycles. The molecule has 2 unspecified atom stereocenters. The van der Waals surface area contributed by atoms with Gasteiger partial charge in [-0.3, -0.25) is 4.52 Å². The van der Waals surface area contributed by atoms with E-state index in [4.69, 9.17) is 19.8 Å². The fourth-order valence-corrected chi connectivity index (χ4v) is 2.15. The molecule has 0 spiro atoms. The summed E-state index contributed by atoms with van der Waals surface area (Å²) in [7, 11) is -10.1. The molecule has 15 heavy (non-hydrogen) atoms. The molecule has 0 aliphatic carbocycles. The van der Waals surface area contributed by atoms with Crippen LogP contribution in [0.4, 0.5) is 0 Å². The van der Waals surface area contributed by atoms with Gasteiger partial charge in [0.2, 0.25) is 0 Å². The van der Waals surface area contributed by atoms with E-state index >= 15 is 0 Å². The maximum absolute atomic E-state index is 10.9. The third-order valence-corrected chi connectivity index (χ3v) is 3.43. The molecule has 0 bridgehead atoms. The number of allylic oxidation sites excluding steroid dienone is 1. The zero-order chi connectivity index (χ0) is 12.3. The fourth-order valence-electron chi connectivity index (χ4n) is 0.506. The predicted octanol–water partition coefficient (Wildman–Crippen LogP) is 0.497. The largest absolute Gasteiger partial charge is 0.483 e. The van der Waals surface area contributed by atoms with E-state index in [1.54, 1.807) is 0 Å². The molecule has 2 atom stereocenters. The minimum Gasteiger partial charge on any atom is -0.364 e. The molecule has 0 saturated carbocycles. The van der Waals surface area contributed by atoms with Gasteiger partial charge < -0.3 is 19.8 Å². The van der Waals surface area contributed by atoms with Crippen molar-refractivity contribution in [2.75, 3.05) is 0 Å². The van der Waals surface area contributed by atoms with Crippen LogP contribution in [0.2, 0.25) is 0 Å². The van der Waals surface area contributed by atoms with Crippen LogP contribution in [0.25, 0.3) is 0 Å². The van der Waals surface area contributed by atoms with Gasteiger partial charge in [-0.1, -0.05) is 6.08 Å². The molecule has 4 N–H and O–H groups in total. The van der Waals surface area contributed by atoms with Crippen molar-refractivity contribution in [3.05, 3.63) is 11.6 Å². The summed E-state index contributed by atoms with van der Waals surface area (Å²) < 4.78 is 28.6. The molecule has 0 heterocycles. The molecule has 0 fully saturated rings. The van der Waals surface area contributed by atoms with Gasteiger partial charge in [0, 0.05) is 0 Å². The molecule has 0 radical (unpaired) electrons. The number of hydrogen-bond acceptors (Lipinski definition) is 5. The van der Waals surface area contributed by atoms with E-state index in [0.717, 1.165) is 0 Å². The van der Waals surface area contributed by atoms with E-state index < -0.39 is 21.9 Å². The van der Waals surface area contributed by atoms with E-state index in [-0.39, 0.29) is 5.57 Å². The molecule has 0 amide bonds. The Kier molecular flexibility index (Phi) is 5.32. The Morgan fingerprint density at radius 2 is 1.80 bits per heavy atom. The maximum atomic E-state index is 10.9. The number of aliphatic hydroxyl groups excluding tert-OH is 1. The number of rotatable bonds is 5. The second-order valence-corrected chi connectivity index (χ2v) is 5.31. The summed E-state index contributed by atoms with van der Waals surface area (Å²) in [6.07, 6.45) is -0.375. The van der Waals surface area contributed by atoms with Crippen molar-refractivity contribution in [1.82, 2.24) is 0 Å². The molecule has 0 aliphatic rings. The topological polar surface area (TPSA) is 134 Å². The Hall–Kier alpha value is -0.0400. The van der Waals surface area contributed by atoms with Crippen LogP contribution in [-0.4, -0.2) is 26.1 Å². The first-order valence-electron chi connectivity index (χ1n) is 3.66. The molecule has 90 valence electrons. The molecular formula is C5H12O8P2. The molecule has 0 saturated heterocycles. The quantitative estimate of drug-likeness (QED) is 0.319. The molecule has 0 rings (SSSR count). The normalized spacial score (nSPS) is 19.7. The Labute approximate surface area is 86.0 Å². The van der Waals surface area contributed by atoms with Gasteiger partial charge >= 0.3 is 15.6 Å². The first-order valence-corrected chi connectivity index (χ1v) is 6.69. The Bertz CT molecular complexity index is 330. The van der Waals surface area contributed by atoms with Gasteiger partial charge in [-0.25, -0.2) is 9.13 Å². The van der Waals surface area contributed by atoms with Crippen molar-refractivity contribution in [3.8, 4) is 0 Å². The van der Waals surface area contributed by atoms with E-state index in [1.165, 1.54) is 19.9 Å². The lowest BCUT2D eigenvalue weighted by molar-refractivity contribution is -0.00724. The number of aliphatic hydroxyl groups is 1. The van der Waals surface area contributed by atoms with Crippen molar-refractivity contribution >= 4 is 15.6 Å². The highest BCUT2D eigenvalue weighted by Gasteiger charge is 2.34.